The summed E-state index contributed by atoms with van der Waals surface area (Å²) in [6, 6.07) is 3.09. The van der Waals surface area contributed by atoms with E-state index in [0.29, 0.717) is 12.1 Å². The van der Waals surface area contributed by atoms with Crippen LogP contribution in [0.25, 0.3) is 10.9 Å². The topological polar surface area (TPSA) is 54.7 Å². The maximum atomic E-state index is 13.2. The minimum absolute atomic E-state index is 0.309. The van der Waals surface area contributed by atoms with Gasteiger partial charge in [-0.3, -0.25) is 5.10 Å². The average molecular weight is 179 g/mol. The Balaban J connectivity index is 2.88. The highest BCUT2D eigenvalue weighted by molar-refractivity contribution is 5.85. The van der Waals surface area contributed by atoms with Crippen molar-refractivity contribution in [2.24, 2.45) is 5.73 Å². The second-order valence-corrected chi connectivity index (χ2v) is 2.98. The van der Waals surface area contributed by atoms with Gasteiger partial charge in [0, 0.05) is 17.6 Å². The van der Waals surface area contributed by atoms with E-state index in [1.807, 2.05) is 6.92 Å². The number of aromatic nitrogens is 2. The van der Waals surface area contributed by atoms with Crippen molar-refractivity contribution in [2.75, 3.05) is 0 Å². The van der Waals surface area contributed by atoms with Crippen LogP contribution in [0.1, 0.15) is 11.3 Å². The van der Waals surface area contributed by atoms with Gasteiger partial charge in [0.1, 0.15) is 5.52 Å². The Morgan fingerprint density at radius 2 is 2.31 bits per heavy atom. The van der Waals surface area contributed by atoms with Crippen molar-refractivity contribution in [1.82, 2.24) is 10.2 Å². The third kappa shape index (κ3) is 1.10. The number of aromatic amines is 1. The molecule has 0 aliphatic carbocycles. The lowest BCUT2D eigenvalue weighted by Gasteiger charge is -1.99. The summed E-state index contributed by atoms with van der Waals surface area (Å²) in [5.41, 5.74) is 7.68. The molecule has 2 rings (SSSR count). The number of H-pyrrole nitrogens is 1. The zero-order chi connectivity index (χ0) is 9.42. The molecule has 0 fully saturated rings. The molecule has 0 saturated carbocycles. The van der Waals surface area contributed by atoms with Crippen molar-refractivity contribution in [3.8, 4) is 0 Å². The molecule has 1 aromatic carbocycles. The third-order valence-corrected chi connectivity index (χ3v) is 2.15. The zero-order valence-corrected chi connectivity index (χ0v) is 7.26. The Labute approximate surface area is 74.7 Å². The molecule has 0 aliphatic rings. The lowest BCUT2D eigenvalue weighted by Crippen LogP contribution is -1.97. The Morgan fingerprint density at radius 3 is 3.00 bits per heavy atom. The first-order chi connectivity index (χ1) is 6.24. The Hall–Kier alpha value is -1.42. The van der Waals surface area contributed by atoms with Crippen LogP contribution in [-0.2, 0) is 6.54 Å². The number of aryl methyl sites for hydroxylation is 1. The number of halogens is 1. The molecule has 1 heterocycles. The van der Waals surface area contributed by atoms with Gasteiger partial charge in [0.2, 0.25) is 0 Å². The van der Waals surface area contributed by atoms with Gasteiger partial charge in [0.25, 0.3) is 0 Å². The van der Waals surface area contributed by atoms with Gasteiger partial charge >= 0.3 is 0 Å². The number of nitrogens with two attached hydrogens (primary N) is 1. The van der Waals surface area contributed by atoms with Crippen molar-refractivity contribution in [3.63, 3.8) is 0 Å². The number of benzene rings is 1. The normalized spacial score (nSPS) is 11.0. The van der Waals surface area contributed by atoms with Gasteiger partial charge in [-0.15, -0.1) is 0 Å². The summed E-state index contributed by atoms with van der Waals surface area (Å²) in [6.07, 6.45) is 0. The van der Waals surface area contributed by atoms with Crippen LogP contribution in [0.3, 0.4) is 0 Å². The van der Waals surface area contributed by atoms with E-state index in [1.54, 1.807) is 6.07 Å². The Kier molecular flexibility index (Phi) is 1.77. The molecule has 1 aromatic heterocycles. The van der Waals surface area contributed by atoms with Crippen LogP contribution in [0, 0.1) is 12.7 Å². The van der Waals surface area contributed by atoms with Gasteiger partial charge in [-0.1, -0.05) is 6.07 Å². The smallest absolute Gasteiger partial charge is 0.151 e. The van der Waals surface area contributed by atoms with Crippen LogP contribution in [0.4, 0.5) is 4.39 Å². The zero-order valence-electron chi connectivity index (χ0n) is 7.26. The van der Waals surface area contributed by atoms with E-state index in [1.165, 1.54) is 6.07 Å². The number of hydrogen-bond acceptors (Lipinski definition) is 2. The van der Waals surface area contributed by atoms with E-state index in [0.717, 1.165) is 16.6 Å². The molecule has 0 aliphatic heterocycles. The highest BCUT2D eigenvalue weighted by Gasteiger charge is 2.09. The second kappa shape index (κ2) is 2.81. The SMILES string of the molecule is Cc1[nH]nc2c(F)ccc(CN)c12. The summed E-state index contributed by atoms with van der Waals surface area (Å²) in [4.78, 5) is 0. The second-order valence-electron chi connectivity index (χ2n) is 2.98. The number of nitrogens with zero attached hydrogens (tertiary/aromatic N) is 1. The van der Waals surface area contributed by atoms with Crippen molar-refractivity contribution in [1.29, 1.82) is 0 Å². The highest BCUT2D eigenvalue weighted by atomic mass is 19.1. The fourth-order valence-corrected chi connectivity index (χ4v) is 1.50. The number of fused-ring (bicyclic) bond motifs is 1. The molecular formula is C9H10FN3. The molecule has 0 amide bonds. The predicted octanol–water partition coefficient (Wildman–Crippen LogP) is 1.47. The Bertz CT molecular complexity index is 447. The van der Waals surface area contributed by atoms with Crippen LogP contribution in [0.2, 0.25) is 0 Å². The van der Waals surface area contributed by atoms with Crippen LogP contribution in [0.15, 0.2) is 12.1 Å². The maximum Gasteiger partial charge on any atom is 0.151 e. The number of rotatable bonds is 1. The lowest BCUT2D eigenvalue weighted by molar-refractivity contribution is 0.636. The van der Waals surface area contributed by atoms with Gasteiger partial charge in [0.15, 0.2) is 5.82 Å². The number of nitrogens with one attached hydrogen (secondary N) is 1. The highest BCUT2D eigenvalue weighted by Crippen LogP contribution is 2.22. The molecule has 0 saturated heterocycles. The average Bonchev–Trinajstić information content (AvgIpc) is 2.51. The molecule has 3 nitrogen and oxygen atoms in total. The maximum absolute atomic E-state index is 13.2. The molecule has 13 heavy (non-hydrogen) atoms. The summed E-state index contributed by atoms with van der Waals surface area (Å²) in [5.74, 6) is -0.309. The van der Waals surface area contributed by atoms with Gasteiger partial charge in [-0.05, 0) is 18.6 Å². The van der Waals surface area contributed by atoms with Crippen molar-refractivity contribution >= 4 is 10.9 Å². The Morgan fingerprint density at radius 1 is 1.54 bits per heavy atom. The summed E-state index contributed by atoms with van der Waals surface area (Å²) in [7, 11) is 0. The van der Waals surface area contributed by atoms with Crippen LogP contribution in [0.5, 0.6) is 0 Å². The van der Waals surface area contributed by atoms with Crippen molar-refractivity contribution < 1.29 is 4.39 Å². The summed E-state index contributed by atoms with van der Waals surface area (Å²) in [6.45, 7) is 2.26. The summed E-state index contributed by atoms with van der Waals surface area (Å²) < 4.78 is 13.2. The van der Waals surface area contributed by atoms with E-state index < -0.39 is 0 Å². The fraction of sp³-hybridized carbons (Fsp3) is 0.222. The van der Waals surface area contributed by atoms with E-state index >= 15 is 0 Å². The molecule has 0 spiro atoms. The van der Waals surface area contributed by atoms with Gasteiger partial charge in [-0.2, -0.15) is 5.10 Å². The molecule has 0 radical (unpaired) electrons. The van der Waals surface area contributed by atoms with E-state index in [9.17, 15) is 4.39 Å². The molecule has 4 heteroatoms. The molecule has 0 atom stereocenters. The quantitative estimate of drug-likeness (QED) is 0.696. The molecule has 68 valence electrons. The first-order valence-electron chi connectivity index (χ1n) is 4.06. The van der Waals surface area contributed by atoms with E-state index in [4.69, 9.17) is 5.73 Å². The monoisotopic (exact) mass is 179 g/mol. The van der Waals surface area contributed by atoms with Crippen molar-refractivity contribution in [2.45, 2.75) is 13.5 Å². The predicted molar refractivity (Wildman–Crippen MR) is 48.7 cm³/mol. The summed E-state index contributed by atoms with van der Waals surface area (Å²) >= 11 is 0. The standard InChI is InChI=1S/C9H10FN3/c1-5-8-6(4-11)2-3-7(10)9(8)13-12-5/h2-3H,4,11H2,1H3,(H,12,13). The molecule has 0 unspecified atom stereocenters. The minimum atomic E-state index is -0.309. The van der Waals surface area contributed by atoms with Crippen molar-refractivity contribution in [3.05, 3.63) is 29.2 Å². The van der Waals surface area contributed by atoms with Gasteiger partial charge < -0.3 is 5.73 Å². The van der Waals surface area contributed by atoms with E-state index in [2.05, 4.69) is 10.2 Å². The van der Waals surface area contributed by atoms with Gasteiger partial charge in [0.05, 0.1) is 0 Å². The summed E-state index contributed by atoms with van der Waals surface area (Å²) in [5, 5.41) is 7.43. The molecule has 2 aromatic rings. The molecule has 3 N–H and O–H groups in total. The van der Waals surface area contributed by atoms with Crippen LogP contribution in [-0.4, -0.2) is 10.2 Å². The lowest BCUT2D eigenvalue weighted by atomic mass is 10.1. The van der Waals surface area contributed by atoms with Crippen LogP contribution >= 0.6 is 0 Å². The van der Waals surface area contributed by atoms with Gasteiger partial charge in [-0.25, -0.2) is 4.39 Å². The third-order valence-electron chi connectivity index (χ3n) is 2.15. The fourth-order valence-electron chi connectivity index (χ4n) is 1.50. The molecular weight excluding hydrogens is 169 g/mol. The number of hydrogen-bond donors (Lipinski definition) is 2. The largest absolute Gasteiger partial charge is 0.326 e. The first-order valence-corrected chi connectivity index (χ1v) is 4.06. The minimum Gasteiger partial charge on any atom is -0.326 e. The first kappa shape index (κ1) is 8.19. The molecule has 0 bridgehead atoms. The van der Waals surface area contributed by atoms with E-state index in [-0.39, 0.29) is 5.82 Å². The van der Waals surface area contributed by atoms with Crippen LogP contribution < -0.4 is 5.73 Å².